The van der Waals surface area contributed by atoms with Crippen LogP contribution in [-0.2, 0) is 10.2 Å². The lowest BCUT2D eigenvalue weighted by Gasteiger charge is -2.16. The van der Waals surface area contributed by atoms with Crippen LogP contribution in [0.15, 0.2) is 34.8 Å². The number of carbonyl (C=O) groups is 1. The van der Waals surface area contributed by atoms with Crippen molar-refractivity contribution >= 4 is 27.8 Å². The summed E-state index contributed by atoms with van der Waals surface area (Å²) in [6, 6.07) is 9.76. The normalized spacial score (nSPS) is 15.6. The monoisotopic (exact) mass is 345 g/mol. The van der Waals surface area contributed by atoms with E-state index in [1.165, 1.54) is 0 Å². The summed E-state index contributed by atoms with van der Waals surface area (Å²) in [5.74, 6) is 0.357. The largest absolute Gasteiger partial charge is 0.294 e. The molecule has 1 fully saturated rings. The molecule has 0 atom stereocenters. The average Bonchev–Trinajstić information content (AvgIpc) is 3.19. The molecule has 1 aromatic carbocycles. The maximum atomic E-state index is 12.7. The molecule has 0 unspecified atom stereocenters. The Morgan fingerprint density at radius 3 is 2.38 bits per heavy atom. The van der Waals surface area contributed by atoms with E-state index in [0.717, 1.165) is 34.3 Å². The fraction of sp³-hybridized carbons (Fsp3) is 0.312. The van der Waals surface area contributed by atoms with Gasteiger partial charge in [0.2, 0.25) is 11.9 Å². The summed E-state index contributed by atoms with van der Waals surface area (Å²) in [7, 11) is 0. The number of benzene rings is 1. The Hall–Kier alpha value is -1.75. The Morgan fingerprint density at radius 2 is 1.81 bits per heavy atom. The summed E-state index contributed by atoms with van der Waals surface area (Å²) in [4.78, 5) is 21.2. The molecule has 1 saturated carbocycles. The highest BCUT2D eigenvalue weighted by molar-refractivity contribution is 9.10. The van der Waals surface area contributed by atoms with Crippen LogP contribution in [0.5, 0.6) is 0 Å². The first-order valence-electron chi connectivity index (χ1n) is 6.90. The minimum absolute atomic E-state index is 0.0283. The number of amides is 1. The van der Waals surface area contributed by atoms with Crippen molar-refractivity contribution in [3.8, 4) is 0 Å². The molecule has 0 aliphatic heterocycles. The van der Waals surface area contributed by atoms with E-state index in [0.29, 0.717) is 5.95 Å². The van der Waals surface area contributed by atoms with E-state index in [1.54, 1.807) is 0 Å². The number of rotatable bonds is 3. The van der Waals surface area contributed by atoms with Crippen LogP contribution in [0.4, 0.5) is 5.95 Å². The maximum Gasteiger partial charge on any atom is 0.237 e. The molecule has 0 bridgehead atoms. The van der Waals surface area contributed by atoms with Crippen molar-refractivity contribution in [1.82, 2.24) is 9.97 Å². The van der Waals surface area contributed by atoms with Gasteiger partial charge >= 0.3 is 0 Å². The molecule has 108 valence electrons. The molecular weight excluding hydrogens is 330 g/mol. The topological polar surface area (TPSA) is 54.9 Å². The summed E-state index contributed by atoms with van der Waals surface area (Å²) in [5.41, 5.74) is 2.29. The lowest BCUT2D eigenvalue weighted by molar-refractivity contribution is -0.118. The summed E-state index contributed by atoms with van der Waals surface area (Å²) in [6.45, 7) is 3.79. The van der Waals surface area contributed by atoms with Gasteiger partial charge in [0, 0.05) is 15.9 Å². The highest BCUT2D eigenvalue weighted by atomic mass is 79.9. The Morgan fingerprint density at radius 1 is 1.19 bits per heavy atom. The van der Waals surface area contributed by atoms with Gasteiger partial charge < -0.3 is 0 Å². The third-order valence-corrected chi connectivity index (χ3v) is 4.47. The van der Waals surface area contributed by atoms with E-state index < -0.39 is 5.41 Å². The zero-order valence-corrected chi connectivity index (χ0v) is 13.6. The smallest absolute Gasteiger partial charge is 0.237 e. The van der Waals surface area contributed by atoms with Crippen LogP contribution >= 0.6 is 15.9 Å². The zero-order valence-electron chi connectivity index (χ0n) is 12.0. The van der Waals surface area contributed by atoms with Gasteiger partial charge in [-0.1, -0.05) is 34.1 Å². The van der Waals surface area contributed by atoms with Gasteiger partial charge in [-0.25, -0.2) is 9.97 Å². The van der Waals surface area contributed by atoms with Crippen molar-refractivity contribution in [3.05, 3.63) is 51.8 Å². The number of hydrogen-bond donors (Lipinski definition) is 1. The first-order valence-corrected chi connectivity index (χ1v) is 7.69. The highest BCUT2D eigenvalue weighted by Gasteiger charge is 2.52. The van der Waals surface area contributed by atoms with Crippen LogP contribution in [0.3, 0.4) is 0 Å². The van der Waals surface area contributed by atoms with Gasteiger partial charge in [-0.05, 0) is 44.4 Å². The third kappa shape index (κ3) is 2.70. The van der Waals surface area contributed by atoms with Crippen molar-refractivity contribution in [2.75, 3.05) is 5.32 Å². The van der Waals surface area contributed by atoms with E-state index in [1.807, 2.05) is 44.2 Å². The minimum Gasteiger partial charge on any atom is -0.294 e. The molecule has 1 aliphatic carbocycles. The van der Waals surface area contributed by atoms with Gasteiger partial charge in [0.05, 0.1) is 5.41 Å². The quantitative estimate of drug-likeness (QED) is 0.925. The van der Waals surface area contributed by atoms with E-state index >= 15 is 0 Å². The Kier molecular flexibility index (Phi) is 3.53. The summed E-state index contributed by atoms with van der Waals surface area (Å²) in [6.07, 6.45) is 1.71. The third-order valence-electron chi connectivity index (χ3n) is 3.78. The number of carbonyl (C=O) groups excluding carboxylic acids is 1. The molecule has 4 nitrogen and oxygen atoms in total. The molecule has 0 saturated heterocycles. The molecule has 5 heteroatoms. The number of nitrogens with one attached hydrogen (secondary N) is 1. The standard InChI is InChI=1S/C16H16BrN3O/c1-10-9-11(2)19-15(18-10)20-14(21)16(7-8-16)12-5-3-4-6-13(12)17/h3-6,9H,7-8H2,1-2H3,(H,18,19,20,21). The van der Waals surface area contributed by atoms with Gasteiger partial charge in [-0.15, -0.1) is 0 Å². The van der Waals surface area contributed by atoms with Crippen LogP contribution in [0.2, 0.25) is 0 Å². The summed E-state index contributed by atoms with van der Waals surface area (Å²) < 4.78 is 0.971. The summed E-state index contributed by atoms with van der Waals surface area (Å²) in [5, 5.41) is 2.87. The van der Waals surface area contributed by atoms with Crippen molar-refractivity contribution in [3.63, 3.8) is 0 Å². The lowest BCUT2D eigenvalue weighted by Crippen LogP contribution is -2.29. The van der Waals surface area contributed by atoms with Gasteiger partial charge in [0.15, 0.2) is 0 Å². The van der Waals surface area contributed by atoms with Gasteiger partial charge in [-0.3, -0.25) is 10.1 Å². The van der Waals surface area contributed by atoms with E-state index in [4.69, 9.17) is 0 Å². The van der Waals surface area contributed by atoms with Crippen LogP contribution in [-0.4, -0.2) is 15.9 Å². The van der Waals surface area contributed by atoms with Gasteiger partial charge in [-0.2, -0.15) is 0 Å². The zero-order chi connectivity index (χ0) is 15.0. The van der Waals surface area contributed by atoms with Gasteiger partial charge in [0.1, 0.15) is 0 Å². The molecule has 2 aromatic rings. The Labute approximate surface area is 132 Å². The van der Waals surface area contributed by atoms with E-state index in [-0.39, 0.29) is 5.91 Å². The SMILES string of the molecule is Cc1cc(C)nc(NC(=O)C2(c3ccccc3Br)CC2)n1. The van der Waals surface area contributed by atoms with Crippen molar-refractivity contribution in [2.24, 2.45) is 0 Å². The molecule has 21 heavy (non-hydrogen) atoms. The second kappa shape index (κ2) is 5.22. The van der Waals surface area contributed by atoms with Crippen LogP contribution < -0.4 is 5.32 Å². The van der Waals surface area contributed by atoms with Crippen LogP contribution in [0.25, 0.3) is 0 Å². The second-order valence-corrected chi connectivity index (χ2v) is 6.34. The molecule has 3 rings (SSSR count). The molecule has 1 aliphatic rings. The minimum atomic E-state index is -0.443. The summed E-state index contributed by atoms with van der Waals surface area (Å²) >= 11 is 3.54. The van der Waals surface area contributed by atoms with Crippen LogP contribution in [0.1, 0.15) is 29.8 Å². The molecule has 0 radical (unpaired) electrons. The average molecular weight is 346 g/mol. The molecule has 1 amide bonds. The Balaban J connectivity index is 1.87. The van der Waals surface area contributed by atoms with Crippen LogP contribution in [0, 0.1) is 13.8 Å². The molecular formula is C16H16BrN3O. The first-order chi connectivity index (χ1) is 10.0. The molecule has 0 spiro atoms. The number of nitrogens with zero attached hydrogens (tertiary/aromatic N) is 2. The predicted molar refractivity (Wildman–Crippen MR) is 85.2 cm³/mol. The lowest BCUT2D eigenvalue weighted by atomic mass is 9.95. The fourth-order valence-corrected chi connectivity index (χ4v) is 3.26. The van der Waals surface area contributed by atoms with E-state index in [2.05, 4.69) is 31.2 Å². The van der Waals surface area contributed by atoms with Crippen molar-refractivity contribution < 1.29 is 4.79 Å². The number of aryl methyl sites for hydroxylation is 2. The van der Waals surface area contributed by atoms with Crippen molar-refractivity contribution in [1.29, 1.82) is 0 Å². The van der Waals surface area contributed by atoms with E-state index in [9.17, 15) is 4.79 Å². The van der Waals surface area contributed by atoms with Gasteiger partial charge in [0.25, 0.3) is 0 Å². The predicted octanol–water partition coefficient (Wildman–Crippen LogP) is 3.53. The molecule has 1 aromatic heterocycles. The molecule has 1 heterocycles. The fourth-order valence-electron chi connectivity index (χ4n) is 2.60. The number of anilines is 1. The maximum absolute atomic E-state index is 12.7. The number of hydrogen-bond acceptors (Lipinski definition) is 3. The Bertz CT molecular complexity index is 690. The second-order valence-electron chi connectivity index (χ2n) is 5.49. The number of aromatic nitrogens is 2. The number of halogens is 1. The van der Waals surface area contributed by atoms with Crippen molar-refractivity contribution in [2.45, 2.75) is 32.1 Å². The molecule has 1 N–H and O–H groups in total. The first kappa shape index (κ1) is 14.2. The highest BCUT2D eigenvalue weighted by Crippen LogP contribution is 2.51.